The number of nitrogens with zero attached hydrogens (tertiary/aromatic N) is 2. The molecule has 2 aliphatic rings. The molecular formula is C13H19N3O3. The van der Waals surface area contributed by atoms with Crippen molar-refractivity contribution >= 4 is 11.8 Å². The molecule has 2 heterocycles. The third-order valence-corrected chi connectivity index (χ3v) is 3.76. The van der Waals surface area contributed by atoms with Crippen molar-refractivity contribution in [1.29, 1.82) is 0 Å². The Morgan fingerprint density at radius 1 is 1.42 bits per heavy atom. The molecule has 1 aliphatic heterocycles. The number of anilines is 1. The molecule has 1 saturated heterocycles. The monoisotopic (exact) mass is 265 g/mol. The van der Waals surface area contributed by atoms with Gasteiger partial charge in [0.05, 0.1) is 24.8 Å². The van der Waals surface area contributed by atoms with E-state index in [2.05, 4.69) is 5.10 Å². The number of nitrogen functional groups attached to an aromatic ring is 1. The van der Waals surface area contributed by atoms with Crippen LogP contribution in [0.15, 0.2) is 0 Å². The van der Waals surface area contributed by atoms with Crippen molar-refractivity contribution in [2.75, 3.05) is 19.5 Å². The van der Waals surface area contributed by atoms with E-state index >= 15 is 0 Å². The second kappa shape index (κ2) is 4.85. The van der Waals surface area contributed by atoms with Crippen LogP contribution in [-0.2, 0) is 9.47 Å². The fourth-order valence-corrected chi connectivity index (χ4v) is 2.59. The third kappa shape index (κ3) is 2.20. The third-order valence-electron chi connectivity index (χ3n) is 3.76. The zero-order valence-electron chi connectivity index (χ0n) is 11.1. The van der Waals surface area contributed by atoms with Gasteiger partial charge in [-0.25, -0.2) is 9.48 Å². The first-order valence-corrected chi connectivity index (χ1v) is 6.80. The standard InChI is InChI=1S/C13H19N3O3/c1-18-13(17)11-10(9-4-2-3-7-19-9)12(14)16(15-11)8-5-6-8/h8-9H,2-7,14H2,1H3. The summed E-state index contributed by atoms with van der Waals surface area (Å²) in [5, 5.41) is 4.35. The predicted molar refractivity (Wildman–Crippen MR) is 68.8 cm³/mol. The van der Waals surface area contributed by atoms with Gasteiger partial charge in [0.15, 0.2) is 5.69 Å². The molecule has 1 aromatic heterocycles. The molecule has 1 saturated carbocycles. The van der Waals surface area contributed by atoms with Crippen molar-refractivity contribution in [2.24, 2.45) is 0 Å². The lowest BCUT2D eigenvalue weighted by Gasteiger charge is -2.22. The molecule has 0 spiro atoms. The van der Waals surface area contributed by atoms with Crippen LogP contribution in [0.4, 0.5) is 5.82 Å². The number of carbonyl (C=O) groups is 1. The number of esters is 1. The molecule has 1 atom stereocenters. The van der Waals surface area contributed by atoms with E-state index < -0.39 is 5.97 Å². The van der Waals surface area contributed by atoms with Crippen molar-refractivity contribution in [2.45, 2.75) is 44.2 Å². The quantitative estimate of drug-likeness (QED) is 0.843. The van der Waals surface area contributed by atoms with Gasteiger partial charge in [-0.2, -0.15) is 5.10 Å². The Labute approximate surface area is 111 Å². The summed E-state index contributed by atoms with van der Waals surface area (Å²) < 4.78 is 12.3. The Bertz CT molecular complexity index is 488. The van der Waals surface area contributed by atoms with Crippen LogP contribution in [0.1, 0.15) is 60.3 Å². The number of nitrogens with two attached hydrogens (primary N) is 1. The summed E-state index contributed by atoms with van der Waals surface area (Å²) in [5.41, 5.74) is 7.22. The van der Waals surface area contributed by atoms with Gasteiger partial charge in [0.2, 0.25) is 0 Å². The normalized spacial score (nSPS) is 23.3. The van der Waals surface area contributed by atoms with Gasteiger partial charge in [-0.1, -0.05) is 0 Å². The van der Waals surface area contributed by atoms with Gasteiger partial charge in [-0.15, -0.1) is 0 Å². The van der Waals surface area contributed by atoms with E-state index in [1.165, 1.54) is 7.11 Å². The second-order valence-electron chi connectivity index (χ2n) is 5.17. The highest BCUT2D eigenvalue weighted by Gasteiger charge is 2.34. The Kier molecular flexibility index (Phi) is 3.18. The largest absolute Gasteiger partial charge is 0.464 e. The molecule has 2 N–H and O–H groups in total. The van der Waals surface area contributed by atoms with Crippen molar-refractivity contribution in [3.8, 4) is 0 Å². The van der Waals surface area contributed by atoms with Gasteiger partial charge in [0, 0.05) is 6.61 Å². The van der Waals surface area contributed by atoms with Crippen LogP contribution in [0.5, 0.6) is 0 Å². The van der Waals surface area contributed by atoms with E-state index in [-0.39, 0.29) is 6.10 Å². The lowest BCUT2D eigenvalue weighted by atomic mass is 10.0. The fraction of sp³-hybridized carbons (Fsp3) is 0.692. The minimum atomic E-state index is -0.435. The molecule has 0 aromatic carbocycles. The fourth-order valence-electron chi connectivity index (χ4n) is 2.59. The number of carbonyl (C=O) groups excluding carboxylic acids is 1. The zero-order valence-corrected chi connectivity index (χ0v) is 11.1. The first kappa shape index (κ1) is 12.5. The molecule has 3 rings (SSSR count). The van der Waals surface area contributed by atoms with Crippen molar-refractivity contribution < 1.29 is 14.3 Å². The lowest BCUT2D eigenvalue weighted by Crippen LogP contribution is -2.16. The maximum atomic E-state index is 11.9. The number of ether oxygens (including phenoxy) is 2. The van der Waals surface area contributed by atoms with E-state index in [1.807, 2.05) is 0 Å². The van der Waals surface area contributed by atoms with E-state index in [1.54, 1.807) is 4.68 Å². The number of methoxy groups -OCH3 is 1. The highest BCUT2D eigenvalue weighted by Crippen LogP contribution is 2.41. The maximum Gasteiger partial charge on any atom is 0.359 e. The number of hydrogen-bond donors (Lipinski definition) is 1. The van der Waals surface area contributed by atoms with Crippen molar-refractivity contribution in [3.63, 3.8) is 0 Å². The van der Waals surface area contributed by atoms with Crippen molar-refractivity contribution in [3.05, 3.63) is 11.3 Å². The van der Waals surface area contributed by atoms with Crippen LogP contribution in [0.3, 0.4) is 0 Å². The molecule has 1 aromatic rings. The summed E-state index contributed by atoms with van der Waals surface area (Å²) in [5.74, 6) is 0.130. The van der Waals surface area contributed by atoms with Crippen LogP contribution < -0.4 is 5.73 Å². The Morgan fingerprint density at radius 3 is 2.79 bits per heavy atom. The Hall–Kier alpha value is -1.56. The average Bonchev–Trinajstić information content (AvgIpc) is 3.22. The van der Waals surface area contributed by atoms with Crippen LogP contribution in [0, 0.1) is 0 Å². The topological polar surface area (TPSA) is 79.4 Å². The molecule has 19 heavy (non-hydrogen) atoms. The molecule has 2 fully saturated rings. The van der Waals surface area contributed by atoms with Crippen molar-refractivity contribution in [1.82, 2.24) is 9.78 Å². The highest BCUT2D eigenvalue weighted by atomic mass is 16.5. The van der Waals surface area contributed by atoms with E-state index in [0.29, 0.717) is 24.2 Å². The second-order valence-corrected chi connectivity index (χ2v) is 5.17. The molecule has 104 valence electrons. The summed E-state index contributed by atoms with van der Waals surface area (Å²) in [6.07, 6.45) is 5.02. The van der Waals surface area contributed by atoms with Gasteiger partial charge in [0.1, 0.15) is 5.82 Å². The Balaban J connectivity index is 2.00. The van der Waals surface area contributed by atoms with Crippen LogP contribution in [0.25, 0.3) is 0 Å². The molecule has 6 nitrogen and oxygen atoms in total. The van der Waals surface area contributed by atoms with Gasteiger partial charge < -0.3 is 15.2 Å². The first-order chi connectivity index (χ1) is 9.22. The molecule has 1 unspecified atom stereocenters. The van der Waals surface area contributed by atoms with Gasteiger partial charge in [-0.05, 0) is 32.1 Å². The smallest absolute Gasteiger partial charge is 0.359 e. The molecule has 0 radical (unpaired) electrons. The summed E-state index contributed by atoms with van der Waals surface area (Å²) in [7, 11) is 1.36. The Morgan fingerprint density at radius 2 is 2.21 bits per heavy atom. The molecule has 0 amide bonds. The SMILES string of the molecule is COC(=O)c1nn(C2CC2)c(N)c1C1CCCCO1. The van der Waals surface area contributed by atoms with E-state index in [0.717, 1.165) is 37.7 Å². The van der Waals surface area contributed by atoms with Gasteiger partial charge >= 0.3 is 5.97 Å². The average molecular weight is 265 g/mol. The maximum absolute atomic E-state index is 11.9. The molecule has 1 aliphatic carbocycles. The van der Waals surface area contributed by atoms with E-state index in [4.69, 9.17) is 15.2 Å². The predicted octanol–water partition coefficient (Wildman–Crippen LogP) is 1.83. The summed E-state index contributed by atoms with van der Waals surface area (Å²) >= 11 is 0. The van der Waals surface area contributed by atoms with Gasteiger partial charge in [0.25, 0.3) is 0 Å². The number of rotatable bonds is 3. The number of aromatic nitrogens is 2. The van der Waals surface area contributed by atoms with Crippen LogP contribution >= 0.6 is 0 Å². The first-order valence-electron chi connectivity index (χ1n) is 6.80. The highest BCUT2D eigenvalue weighted by molar-refractivity contribution is 5.90. The molecular weight excluding hydrogens is 246 g/mol. The summed E-state index contributed by atoms with van der Waals surface area (Å²) in [6, 6.07) is 0.334. The van der Waals surface area contributed by atoms with E-state index in [9.17, 15) is 4.79 Å². The minimum Gasteiger partial charge on any atom is -0.464 e. The van der Waals surface area contributed by atoms with Crippen LogP contribution in [-0.4, -0.2) is 29.5 Å². The molecule has 6 heteroatoms. The van der Waals surface area contributed by atoms with Crippen LogP contribution in [0.2, 0.25) is 0 Å². The summed E-state index contributed by atoms with van der Waals surface area (Å²) in [6.45, 7) is 0.708. The lowest BCUT2D eigenvalue weighted by molar-refractivity contribution is 0.0140. The summed E-state index contributed by atoms with van der Waals surface area (Å²) in [4.78, 5) is 11.9. The molecule has 0 bridgehead atoms. The number of hydrogen-bond acceptors (Lipinski definition) is 5. The minimum absolute atomic E-state index is 0.129. The zero-order chi connectivity index (χ0) is 13.4. The van der Waals surface area contributed by atoms with Gasteiger partial charge in [-0.3, -0.25) is 0 Å².